The van der Waals surface area contributed by atoms with Crippen LogP contribution in [0.1, 0.15) is 43.7 Å². The minimum Gasteiger partial charge on any atom is -0.135 e. The third-order valence-corrected chi connectivity index (χ3v) is 5.68. The second-order valence-corrected chi connectivity index (χ2v) is 7.62. The Balaban J connectivity index is 1.67. The highest BCUT2D eigenvalue weighted by molar-refractivity contribution is 7.18. The van der Waals surface area contributed by atoms with Gasteiger partial charge in [0, 0.05) is 9.75 Å². The van der Waals surface area contributed by atoms with E-state index < -0.39 is 0 Å². The molecule has 0 saturated carbocycles. The first kappa shape index (κ1) is 17.0. The van der Waals surface area contributed by atoms with Gasteiger partial charge in [0.05, 0.1) is 0 Å². The summed E-state index contributed by atoms with van der Waals surface area (Å²) in [5.41, 5.74) is 5.41. The van der Waals surface area contributed by atoms with Gasteiger partial charge in [0.2, 0.25) is 0 Å². The second kappa shape index (κ2) is 8.30. The Hall–Kier alpha value is -1.86. The van der Waals surface area contributed by atoms with E-state index in [-0.39, 0.29) is 0 Å². The first-order chi connectivity index (χ1) is 11.8. The molecule has 3 rings (SSSR count). The molecule has 0 bridgehead atoms. The maximum atomic E-state index is 2.30. The standard InChI is InChI=1S/C23H26S/c1-3-4-5-6-7-19-10-14-21(15-11-19)23-17-16-22(24-23)20-12-8-18(2)9-13-20/h8-17H,3-7H2,1-2H3. The number of thiophene rings is 1. The lowest BCUT2D eigenvalue weighted by Gasteiger charge is -2.03. The summed E-state index contributed by atoms with van der Waals surface area (Å²) in [6, 6.07) is 22.4. The van der Waals surface area contributed by atoms with Gasteiger partial charge in [-0.1, -0.05) is 80.3 Å². The van der Waals surface area contributed by atoms with Crippen LogP contribution in [0.25, 0.3) is 20.9 Å². The zero-order chi connectivity index (χ0) is 16.8. The van der Waals surface area contributed by atoms with Gasteiger partial charge >= 0.3 is 0 Å². The number of hydrogen-bond acceptors (Lipinski definition) is 1. The zero-order valence-corrected chi connectivity index (χ0v) is 15.5. The van der Waals surface area contributed by atoms with Gasteiger partial charge in [0.15, 0.2) is 0 Å². The van der Waals surface area contributed by atoms with Gasteiger partial charge in [0.1, 0.15) is 0 Å². The lowest BCUT2D eigenvalue weighted by Crippen LogP contribution is -1.85. The molecule has 0 aliphatic rings. The summed E-state index contributed by atoms with van der Waals surface area (Å²) >= 11 is 1.88. The molecule has 0 saturated heterocycles. The molecule has 2 aromatic carbocycles. The highest BCUT2D eigenvalue weighted by Gasteiger charge is 2.05. The molecule has 1 heterocycles. The molecule has 0 spiro atoms. The van der Waals surface area contributed by atoms with E-state index in [1.165, 1.54) is 64.1 Å². The quantitative estimate of drug-likeness (QED) is 0.392. The molecular formula is C23H26S. The van der Waals surface area contributed by atoms with Crippen molar-refractivity contribution in [1.82, 2.24) is 0 Å². The van der Waals surface area contributed by atoms with E-state index in [9.17, 15) is 0 Å². The predicted octanol–water partition coefficient (Wildman–Crippen LogP) is 7.51. The zero-order valence-electron chi connectivity index (χ0n) is 14.7. The Morgan fingerprint density at radius 3 is 1.83 bits per heavy atom. The van der Waals surface area contributed by atoms with Gasteiger partial charge in [0.25, 0.3) is 0 Å². The fourth-order valence-electron chi connectivity index (χ4n) is 2.96. The Labute approximate surface area is 150 Å². The topological polar surface area (TPSA) is 0 Å². The molecule has 0 amide bonds. The van der Waals surface area contributed by atoms with Crippen LogP contribution in [0.2, 0.25) is 0 Å². The molecule has 0 nitrogen and oxygen atoms in total. The lowest BCUT2D eigenvalue weighted by atomic mass is 10.0. The lowest BCUT2D eigenvalue weighted by molar-refractivity contribution is 0.667. The first-order valence-corrected chi connectivity index (χ1v) is 9.84. The van der Waals surface area contributed by atoms with Crippen LogP contribution in [0.4, 0.5) is 0 Å². The van der Waals surface area contributed by atoms with Crippen LogP contribution in [0.15, 0.2) is 60.7 Å². The molecule has 124 valence electrons. The summed E-state index contributed by atoms with van der Waals surface area (Å²) in [5, 5.41) is 0. The van der Waals surface area contributed by atoms with E-state index in [0.717, 1.165) is 0 Å². The van der Waals surface area contributed by atoms with Gasteiger partial charge in [-0.3, -0.25) is 0 Å². The molecule has 0 aliphatic heterocycles. The maximum absolute atomic E-state index is 2.30. The van der Waals surface area contributed by atoms with Crippen molar-refractivity contribution in [2.24, 2.45) is 0 Å². The van der Waals surface area contributed by atoms with Crippen molar-refractivity contribution in [3.63, 3.8) is 0 Å². The summed E-state index contributed by atoms with van der Waals surface area (Å²) in [6.45, 7) is 4.40. The highest BCUT2D eigenvalue weighted by Crippen LogP contribution is 2.34. The van der Waals surface area contributed by atoms with Crippen molar-refractivity contribution < 1.29 is 0 Å². The molecule has 0 unspecified atom stereocenters. The molecule has 3 aromatic rings. The molecular weight excluding hydrogens is 308 g/mol. The second-order valence-electron chi connectivity index (χ2n) is 6.54. The maximum Gasteiger partial charge on any atom is 0.0349 e. The minimum absolute atomic E-state index is 1.21. The smallest absolute Gasteiger partial charge is 0.0349 e. The van der Waals surface area contributed by atoms with E-state index in [1.807, 2.05) is 11.3 Å². The molecule has 0 radical (unpaired) electrons. The fraction of sp³-hybridized carbons (Fsp3) is 0.304. The normalized spacial score (nSPS) is 10.9. The minimum atomic E-state index is 1.21. The molecule has 24 heavy (non-hydrogen) atoms. The summed E-state index contributed by atoms with van der Waals surface area (Å²) in [6.07, 6.45) is 6.53. The number of benzene rings is 2. The van der Waals surface area contributed by atoms with Gasteiger partial charge in [-0.2, -0.15) is 0 Å². The van der Waals surface area contributed by atoms with Gasteiger partial charge in [-0.15, -0.1) is 11.3 Å². The van der Waals surface area contributed by atoms with Crippen LogP contribution in [-0.2, 0) is 6.42 Å². The SMILES string of the molecule is CCCCCCc1ccc(-c2ccc(-c3ccc(C)cc3)s2)cc1. The average Bonchev–Trinajstić information content (AvgIpc) is 3.10. The van der Waals surface area contributed by atoms with Crippen LogP contribution in [0.3, 0.4) is 0 Å². The Bertz CT molecular complexity index is 747. The largest absolute Gasteiger partial charge is 0.135 e. The van der Waals surface area contributed by atoms with Crippen LogP contribution < -0.4 is 0 Å². The molecule has 1 aromatic heterocycles. The fourth-order valence-corrected chi connectivity index (χ4v) is 3.97. The molecule has 0 atom stereocenters. The number of rotatable bonds is 7. The monoisotopic (exact) mass is 334 g/mol. The third kappa shape index (κ3) is 4.36. The Morgan fingerprint density at radius 1 is 0.667 bits per heavy atom. The van der Waals surface area contributed by atoms with Gasteiger partial charge in [-0.25, -0.2) is 0 Å². The molecule has 0 N–H and O–H groups in total. The summed E-state index contributed by atoms with van der Waals surface area (Å²) in [4.78, 5) is 2.69. The van der Waals surface area contributed by atoms with Gasteiger partial charge < -0.3 is 0 Å². The highest BCUT2D eigenvalue weighted by atomic mass is 32.1. The van der Waals surface area contributed by atoms with E-state index in [4.69, 9.17) is 0 Å². The van der Waals surface area contributed by atoms with E-state index in [0.29, 0.717) is 0 Å². The molecule has 0 fully saturated rings. The van der Waals surface area contributed by atoms with E-state index >= 15 is 0 Å². The summed E-state index contributed by atoms with van der Waals surface area (Å²) < 4.78 is 0. The summed E-state index contributed by atoms with van der Waals surface area (Å²) in [5.74, 6) is 0. The van der Waals surface area contributed by atoms with Crippen molar-refractivity contribution in [2.75, 3.05) is 0 Å². The van der Waals surface area contributed by atoms with Crippen LogP contribution in [-0.4, -0.2) is 0 Å². The van der Waals surface area contributed by atoms with Crippen molar-refractivity contribution in [3.8, 4) is 20.9 Å². The number of aryl methyl sites for hydroxylation is 2. The van der Waals surface area contributed by atoms with Crippen LogP contribution >= 0.6 is 11.3 Å². The molecule has 1 heteroatoms. The van der Waals surface area contributed by atoms with Crippen molar-refractivity contribution >= 4 is 11.3 Å². The third-order valence-electron chi connectivity index (χ3n) is 4.50. The van der Waals surface area contributed by atoms with E-state index in [1.54, 1.807) is 0 Å². The Morgan fingerprint density at radius 2 is 1.25 bits per heavy atom. The molecule has 0 aliphatic carbocycles. The van der Waals surface area contributed by atoms with Gasteiger partial charge in [-0.05, 0) is 48.6 Å². The van der Waals surface area contributed by atoms with Crippen LogP contribution in [0.5, 0.6) is 0 Å². The van der Waals surface area contributed by atoms with E-state index in [2.05, 4.69) is 74.5 Å². The first-order valence-electron chi connectivity index (χ1n) is 9.02. The predicted molar refractivity (Wildman–Crippen MR) is 108 cm³/mol. The van der Waals surface area contributed by atoms with Crippen molar-refractivity contribution in [1.29, 1.82) is 0 Å². The average molecular weight is 335 g/mol. The number of hydrogen-bond donors (Lipinski definition) is 0. The van der Waals surface area contributed by atoms with Crippen LogP contribution in [0, 0.1) is 6.92 Å². The van der Waals surface area contributed by atoms with Crippen molar-refractivity contribution in [2.45, 2.75) is 46.0 Å². The number of unbranched alkanes of at least 4 members (excludes halogenated alkanes) is 3. The summed E-state index contributed by atoms with van der Waals surface area (Å²) in [7, 11) is 0. The Kier molecular flexibility index (Phi) is 5.87. The van der Waals surface area contributed by atoms with Crippen molar-refractivity contribution in [3.05, 3.63) is 71.8 Å².